The van der Waals surface area contributed by atoms with Crippen LogP contribution in [0.15, 0.2) is 55.0 Å². The summed E-state index contributed by atoms with van der Waals surface area (Å²) >= 11 is 0. The fourth-order valence-electron chi connectivity index (χ4n) is 1.82. The van der Waals surface area contributed by atoms with Crippen molar-refractivity contribution >= 4 is 11.4 Å². The smallest absolute Gasteiger partial charge is 0.246 e. The van der Waals surface area contributed by atoms with Gasteiger partial charge in [-0.3, -0.25) is 4.98 Å². The highest BCUT2D eigenvalue weighted by molar-refractivity contribution is 5.58. The van der Waals surface area contributed by atoms with Crippen LogP contribution in [0.5, 0.6) is 11.6 Å². The Kier molecular flexibility index (Phi) is 3.62. The normalized spacial score (nSPS) is 9.95. The molecule has 106 valence electrons. The molecule has 0 saturated carbocycles. The molecule has 0 aliphatic carbocycles. The largest absolute Gasteiger partial charge is 0.438 e. The van der Waals surface area contributed by atoms with E-state index in [4.69, 9.17) is 17.0 Å². The summed E-state index contributed by atoms with van der Waals surface area (Å²) in [6, 6.07) is 10.4. The third-order valence-electron chi connectivity index (χ3n) is 2.86. The van der Waals surface area contributed by atoms with Crippen LogP contribution in [0.2, 0.25) is 0 Å². The number of anilines is 1. The molecule has 0 saturated heterocycles. The molecule has 0 aliphatic rings. The molecule has 22 heavy (non-hydrogen) atoms. The van der Waals surface area contributed by atoms with E-state index in [-0.39, 0.29) is 5.88 Å². The summed E-state index contributed by atoms with van der Waals surface area (Å²) in [5.41, 5.74) is 7.43. The van der Waals surface area contributed by atoms with Crippen LogP contribution in [0.4, 0.5) is 11.4 Å². The predicted molar refractivity (Wildman–Crippen MR) is 82.5 cm³/mol. The molecule has 2 heterocycles. The molecule has 0 amide bonds. The number of hydrogen-bond donors (Lipinski definition) is 1. The molecule has 2 N–H and O–H groups in total. The average molecular weight is 289 g/mol. The maximum absolute atomic E-state index is 7.02. The van der Waals surface area contributed by atoms with Gasteiger partial charge in [0.2, 0.25) is 5.88 Å². The van der Waals surface area contributed by atoms with Crippen molar-refractivity contribution in [3.05, 3.63) is 66.4 Å². The first-order valence-corrected chi connectivity index (χ1v) is 6.44. The highest BCUT2D eigenvalue weighted by Crippen LogP contribution is 2.29. The van der Waals surface area contributed by atoms with Crippen LogP contribution in [0.1, 0.15) is 0 Å². The molecule has 0 bridgehead atoms. The highest BCUT2D eigenvalue weighted by Gasteiger charge is 2.09. The van der Waals surface area contributed by atoms with Gasteiger partial charge >= 0.3 is 0 Å². The lowest BCUT2D eigenvalue weighted by atomic mass is 10.2. The van der Waals surface area contributed by atoms with Gasteiger partial charge < -0.3 is 10.5 Å². The topological polar surface area (TPSA) is 78.3 Å². The predicted octanol–water partition coefficient (Wildman–Crippen LogP) is 3.46. The fourth-order valence-corrected chi connectivity index (χ4v) is 1.82. The summed E-state index contributed by atoms with van der Waals surface area (Å²) in [7, 11) is 0. The Morgan fingerprint density at radius 3 is 2.82 bits per heavy atom. The molecular formula is C16H11N5O. The van der Waals surface area contributed by atoms with Crippen molar-refractivity contribution in [2.24, 2.45) is 0 Å². The number of aromatic nitrogens is 3. The Balaban J connectivity index is 1.95. The van der Waals surface area contributed by atoms with E-state index in [9.17, 15) is 0 Å². The zero-order chi connectivity index (χ0) is 15.4. The van der Waals surface area contributed by atoms with Crippen LogP contribution in [0.25, 0.3) is 16.2 Å². The molecule has 6 nitrogen and oxygen atoms in total. The van der Waals surface area contributed by atoms with Gasteiger partial charge in [0.25, 0.3) is 0 Å². The van der Waals surface area contributed by atoms with Crippen molar-refractivity contribution in [3.8, 4) is 23.0 Å². The number of benzene rings is 1. The van der Waals surface area contributed by atoms with Crippen molar-refractivity contribution in [2.75, 3.05) is 5.73 Å². The van der Waals surface area contributed by atoms with E-state index < -0.39 is 0 Å². The molecular weight excluding hydrogens is 278 g/mol. The number of hydrogen-bond acceptors (Lipinski definition) is 5. The molecule has 0 aliphatic heterocycles. The third kappa shape index (κ3) is 2.83. The van der Waals surface area contributed by atoms with Crippen LogP contribution in [0.3, 0.4) is 0 Å². The van der Waals surface area contributed by atoms with Crippen LogP contribution >= 0.6 is 0 Å². The summed E-state index contributed by atoms with van der Waals surface area (Å²) in [5, 5.41) is 0. The Hall–Kier alpha value is -3.46. The number of pyridine rings is 1. The third-order valence-corrected chi connectivity index (χ3v) is 2.86. The molecule has 0 unspecified atom stereocenters. The maximum Gasteiger partial charge on any atom is 0.246 e. The first kappa shape index (κ1) is 13.5. The molecule has 1 aromatic carbocycles. The molecule has 0 fully saturated rings. The average Bonchev–Trinajstić information content (AvgIpc) is 2.58. The summed E-state index contributed by atoms with van der Waals surface area (Å²) < 4.78 is 5.67. The number of rotatable bonds is 3. The quantitative estimate of drug-likeness (QED) is 0.747. The van der Waals surface area contributed by atoms with E-state index in [1.165, 1.54) is 6.20 Å². The first-order chi connectivity index (χ1) is 10.8. The molecule has 6 heteroatoms. The highest BCUT2D eigenvalue weighted by atomic mass is 16.5. The van der Waals surface area contributed by atoms with Gasteiger partial charge in [0, 0.05) is 18.0 Å². The fraction of sp³-hybridized carbons (Fsp3) is 0. The minimum absolute atomic E-state index is 0.246. The minimum atomic E-state index is 0.246. The van der Waals surface area contributed by atoms with E-state index in [1.807, 2.05) is 6.07 Å². The lowest BCUT2D eigenvalue weighted by Crippen LogP contribution is -1.99. The molecule has 2 aromatic heterocycles. The lowest BCUT2D eigenvalue weighted by Gasteiger charge is -2.09. The van der Waals surface area contributed by atoms with Gasteiger partial charge in [-0.25, -0.2) is 9.83 Å². The van der Waals surface area contributed by atoms with Crippen LogP contribution < -0.4 is 10.5 Å². The second kappa shape index (κ2) is 5.89. The van der Waals surface area contributed by atoms with E-state index >= 15 is 0 Å². The van der Waals surface area contributed by atoms with Gasteiger partial charge in [0.1, 0.15) is 11.4 Å². The molecule has 0 spiro atoms. The van der Waals surface area contributed by atoms with Crippen LogP contribution in [-0.4, -0.2) is 15.0 Å². The van der Waals surface area contributed by atoms with E-state index in [1.54, 1.807) is 42.7 Å². The number of nitrogens with two attached hydrogens (primary N) is 1. The second-order valence-corrected chi connectivity index (χ2v) is 4.41. The Morgan fingerprint density at radius 1 is 1.14 bits per heavy atom. The van der Waals surface area contributed by atoms with Crippen LogP contribution in [-0.2, 0) is 0 Å². The van der Waals surface area contributed by atoms with E-state index in [0.29, 0.717) is 22.9 Å². The van der Waals surface area contributed by atoms with Crippen molar-refractivity contribution in [1.29, 1.82) is 0 Å². The van der Waals surface area contributed by atoms with Crippen LogP contribution in [0, 0.1) is 6.57 Å². The zero-order valence-corrected chi connectivity index (χ0v) is 11.5. The van der Waals surface area contributed by atoms with Crippen molar-refractivity contribution in [2.45, 2.75) is 0 Å². The summed E-state index contributed by atoms with van der Waals surface area (Å²) in [6.07, 6.45) is 4.83. The lowest BCUT2D eigenvalue weighted by molar-refractivity contribution is 0.465. The monoisotopic (exact) mass is 289 g/mol. The van der Waals surface area contributed by atoms with Gasteiger partial charge in [0.15, 0.2) is 11.5 Å². The van der Waals surface area contributed by atoms with E-state index in [2.05, 4.69) is 19.8 Å². The molecule has 0 atom stereocenters. The number of ether oxygens (including phenoxy) is 1. The SMILES string of the molecule is [C-]#[N+]c1cccc(Oc2nc(-c3cccnc3)ncc2N)c1. The number of nitrogens with zero attached hydrogens (tertiary/aromatic N) is 4. The maximum atomic E-state index is 7.02. The molecule has 3 aromatic rings. The Labute approximate surface area is 127 Å². The summed E-state index contributed by atoms with van der Waals surface area (Å²) in [5.74, 6) is 1.21. The van der Waals surface area contributed by atoms with Crippen molar-refractivity contribution in [3.63, 3.8) is 0 Å². The second-order valence-electron chi connectivity index (χ2n) is 4.41. The van der Waals surface area contributed by atoms with Gasteiger partial charge in [-0.15, -0.1) is 0 Å². The number of nitrogen functional groups attached to an aromatic ring is 1. The van der Waals surface area contributed by atoms with Crippen molar-refractivity contribution < 1.29 is 4.74 Å². The Morgan fingerprint density at radius 2 is 2.05 bits per heavy atom. The van der Waals surface area contributed by atoms with Gasteiger partial charge in [-0.1, -0.05) is 12.1 Å². The summed E-state index contributed by atoms with van der Waals surface area (Å²) in [6.45, 7) is 7.02. The molecule has 0 radical (unpaired) electrons. The minimum Gasteiger partial charge on any atom is -0.438 e. The van der Waals surface area contributed by atoms with E-state index in [0.717, 1.165) is 5.56 Å². The van der Waals surface area contributed by atoms with Crippen molar-refractivity contribution in [1.82, 2.24) is 15.0 Å². The first-order valence-electron chi connectivity index (χ1n) is 6.44. The zero-order valence-electron chi connectivity index (χ0n) is 11.5. The standard InChI is InChI=1S/C16H11N5O/c1-18-12-5-2-6-13(8-12)22-16-14(17)10-20-15(21-16)11-4-3-7-19-9-11/h2-10H,17H2. The van der Waals surface area contributed by atoms with Gasteiger partial charge in [-0.05, 0) is 24.3 Å². The van der Waals surface area contributed by atoms with Gasteiger partial charge in [-0.2, -0.15) is 4.98 Å². The summed E-state index contributed by atoms with van der Waals surface area (Å²) in [4.78, 5) is 15.9. The van der Waals surface area contributed by atoms with Gasteiger partial charge in [0.05, 0.1) is 12.8 Å². The molecule has 3 rings (SSSR count). The Bertz CT molecular complexity index is 843.